The van der Waals surface area contributed by atoms with E-state index in [0.717, 1.165) is 11.1 Å². The highest BCUT2D eigenvalue weighted by Gasteiger charge is 2.10. The van der Waals surface area contributed by atoms with Gasteiger partial charge in [-0.3, -0.25) is 0 Å². The Hall–Kier alpha value is -0.620. The molecule has 0 aromatic heterocycles. The molecule has 0 aliphatic rings. The van der Waals surface area contributed by atoms with E-state index in [1.165, 1.54) is 6.07 Å². The maximum absolute atomic E-state index is 13.7. The lowest BCUT2D eigenvalue weighted by atomic mass is 10.1. The first-order valence-electron chi connectivity index (χ1n) is 5.11. The molecule has 0 saturated heterocycles. The number of hydrogen-bond donors (Lipinski definition) is 0. The molecule has 2 aromatic carbocycles. The Labute approximate surface area is 111 Å². The van der Waals surface area contributed by atoms with Gasteiger partial charge >= 0.3 is 0 Å². The van der Waals surface area contributed by atoms with E-state index in [1.807, 2.05) is 36.4 Å². The minimum Gasteiger partial charge on any atom is -0.206 e. The minimum atomic E-state index is -1.42. The maximum Gasteiger partial charge on any atom is 0.133 e. The molecule has 0 heterocycles. The van der Waals surface area contributed by atoms with E-state index in [4.69, 9.17) is 22.5 Å². The van der Waals surface area contributed by atoms with Crippen LogP contribution in [0, 0.1) is 5.82 Å². The van der Waals surface area contributed by atoms with Crippen LogP contribution in [0.15, 0.2) is 48.5 Å². The van der Waals surface area contributed by atoms with E-state index in [0.29, 0.717) is 11.7 Å². The Morgan fingerprint density at radius 2 is 1.65 bits per heavy atom. The van der Waals surface area contributed by atoms with Crippen molar-refractivity contribution in [2.75, 3.05) is 0 Å². The predicted molar refractivity (Wildman–Crippen MR) is 73.9 cm³/mol. The zero-order valence-corrected chi connectivity index (χ0v) is 11.3. The second-order valence-electron chi connectivity index (χ2n) is 3.68. The van der Waals surface area contributed by atoms with Gasteiger partial charge in [-0.15, -0.1) is 0 Å². The Kier molecular flexibility index (Phi) is 4.39. The first-order chi connectivity index (χ1) is 8.16. The van der Waals surface area contributed by atoms with Crippen LogP contribution in [0.4, 0.5) is 4.39 Å². The molecule has 0 aliphatic carbocycles. The minimum absolute atomic E-state index is 0.324. The summed E-state index contributed by atoms with van der Waals surface area (Å²) >= 11 is 11.4. The molecule has 0 amide bonds. The topological polar surface area (TPSA) is 0 Å². The highest BCUT2D eigenvalue weighted by atomic mass is 35.9. The largest absolute Gasteiger partial charge is 0.206 e. The highest BCUT2D eigenvalue weighted by molar-refractivity contribution is 8.08. The molecule has 2 aromatic rings. The van der Waals surface area contributed by atoms with Crippen LogP contribution in [-0.4, -0.2) is 0 Å². The second-order valence-corrected chi connectivity index (χ2v) is 7.18. The van der Waals surface area contributed by atoms with Gasteiger partial charge in [-0.05, 0) is 29.7 Å². The number of rotatable bonds is 3. The van der Waals surface area contributed by atoms with Gasteiger partial charge in [0.25, 0.3) is 0 Å². The van der Waals surface area contributed by atoms with E-state index >= 15 is 0 Å². The lowest BCUT2D eigenvalue weighted by molar-refractivity contribution is 0.634. The van der Waals surface area contributed by atoms with Crippen LogP contribution in [0.5, 0.6) is 0 Å². The molecule has 88 valence electrons. The van der Waals surface area contributed by atoms with Gasteiger partial charge in [0.05, 0.1) is 0 Å². The van der Waals surface area contributed by atoms with Crippen LogP contribution in [0.2, 0.25) is 0 Å². The molecule has 4 heteroatoms. The average molecular weight is 287 g/mol. The monoisotopic (exact) mass is 286 g/mol. The normalized spacial score (nSPS) is 10.8. The molecular weight excluding hydrogens is 277 g/mol. The van der Waals surface area contributed by atoms with Crippen molar-refractivity contribution in [2.45, 2.75) is 6.42 Å². The van der Waals surface area contributed by atoms with E-state index in [-0.39, 0.29) is 5.82 Å². The fraction of sp³-hybridized carbons (Fsp3) is 0.0769. The standard InChI is InChI=1S/C13H10Cl2FP/c14-17(15)13-7-6-11(9-12(13)16)8-10-4-2-1-3-5-10/h1-7,9H,8H2. The predicted octanol–water partition coefficient (Wildman–Crippen LogP) is 4.83. The first-order valence-corrected chi connectivity index (χ1v) is 8.26. The number of halogens is 3. The Balaban J connectivity index is 2.21. The first kappa shape index (κ1) is 12.8. The third kappa shape index (κ3) is 3.42. The van der Waals surface area contributed by atoms with Crippen molar-refractivity contribution in [3.05, 3.63) is 65.5 Å². The van der Waals surface area contributed by atoms with Gasteiger partial charge < -0.3 is 0 Å². The number of benzene rings is 2. The Morgan fingerprint density at radius 3 is 2.24 bits per heavy atom. The Morgan fingerprint density at radius 1 is 0.941 bits per heavy atom. The summed E-state index contributed by atoms with van der Waals surface area (Å²) in [5.74, 6) is -0.324. The Bertz CT molecular complexity index is 500. The van der Waals surface area contributed by atoms with E-state index in [9.17, 15) is 4.39 Å². The third-order valence-corrected chi connectivity index (χ3v) is 4.26. The molecule has 0 atom stereocenters. The molecular formula is C13H10Cl2FP. The molecule has 0 unspecified atom stereocenters. The molecule has 0 bridgehead atoms. The fourth-order valence-electron chi connectivity index (χ4n) is 1.63. The molecule has 0 aliphatic heterocycles. The van der Waals surface area contributed by atoms with Crippen LogP contribution in [0.3, 0.4) is 0 Å². The van der Waals surface area contributed by atoms with Gasteiger partial charge in [-0.25, -0.2) is 4.39 Å². The summed E-state index contributed by atoms with van der Waals surface area (Å²) in [4.78, 5) is 0. The molecule has 0 N–H and O–H groups in total. The average Bonchev–Trinajstić information content (AvgIpc) is 2.30. The highest BCUT2D eigenvalue weighted by Crippen LogP contribution is 2.45. The molecule has 0 saturated carbocycles. The van der Waals surface area contributed by atoms with Crippen LogP contribution < -0.4 is 5.30 Å². The van der Waals surface area contributed by atoms with Crippen molar-refractivity contribution in [3.63, 3.8) is 0 Å². The lowest BCUT2D eigenvalue weighted by Gasteiger charge is -2.06. The zero-order chi connectivity index (χ0) is 12.3. The quantitative estimate of drug-likeness (QED) is 0.709. The molecule has 2 rings (SSSR count). The van der Waals surface area contributed by atoms with Gasteiger partial charge in [0.2, 0.25) is 0 Å². The van der Waals surface area contributed by atoms with Crippen molar-refractivity contribution in [2.24, 2.45) is 0 Å². The zero-order valence-electron chi connectivity index (χ0n) is 8.91. The van der Waals surface area contributed by atoms with Gasteiger partial charge in [-0.2, -0.15) is 0 Å². The van der Waals surface area contributed by atoms with Crippen LogP contribution in [0.1, 0.15) is 11.1 Å². The fourth-order valence-corrected chi connectivity index (χ4v) is 2.86. The summed E-state index contributed by atoms with van der Waals surface area (Å²) in [6.45, 7) is -1.42. The van der Waals surface area contributed by atoms with Crippen molar-refractivity contribution in [1.82, 2.24) is 0 Å². The van der Waals surface area contributed by atoms with Crippen LogP contribution in [-0.2, 0) is 6.42 Å². The smallest absolute Gasteiger partial charge is 0.133 e. The maximum atomic E-state index is 13.7. The van der Waals surface area contributed by atoms with Gasteiger partial charge in [0, 0.05) is 5.30 Å². The summed E-state index contributed by atoms with van der Waals surface area (Å²) in [7, 11) is 0. The third-order valence-electron chi connectivity index (χ3n) is 2.45. The van der Waals surface area contributed by atoms with E-state index in [2.05, 4.69) is 0 Å². The number of hydrogen-bond acceptors (Lipinski definition) is 0. The SMILES string of the molecule is Fc1cc(Cc2ccccc2)ccc1P(Cl)Cl. The van der Waals surface area contributed by atoms with Gasteiger partial charge in [0.15, 0.2) is 0 Å². The molecule has 0 spiro atoms. The summed E-state index contributed by atoms with van der Waals surface area (Å²) in [5, 5.41) is 0.389. The van der Waals surface area contributed by atoms with Crippen molar-refractivity contribution < 1.29 is 4.39 Å². The summed E-state index contributed by atoms with van der Waals surface area (Å²) in [6.07, 6.45) is 0.709. The lowest BCUT2D eigenvalue weighted by Crippen LogP contribution is -2.03. The molecule has 0 radical (unpaired) electrons. The van der Waals surface area contributed by atoms with E-state index < -0.39 is 6.63 Å². The van der Waals surface area contributed by atoms with Crippen molar-refractivity contribution >= 4 is 34.4 Å². The summed E-state index contributed by atoms with van der Waals surface area (Å²) in [6, 6.07) is 15.0. The molecule has 0 nitrogen and oxygen atoms in total. The van der Waals surface area contributed by atoms with Crippen molar-refractivity contribution in [1.29, 1.82) is 0 Å². The van der Waals surface area contributed by atoms with E-state index in [1.54, 1.807) is 6.07 Å². The molecule has 0 fully saturated rings. The second kappa shape index (κ2) is 5.82. The van der Waals surface area contributed by atoms with Gasteiger partial charge in [0.1, 0.15) is 12.4 Å². The summed E-state index contributed by atoms with van der Waals surface area (Å²) < 4.78 is 13.7. The van der Waals surface area contributed by atoms with Crippen LogP contribution in [0.25, 0.3) is 0 Å². The molecule has 17 heavy (non-hydrogen) atoms. The van der Waals surface area contributed by atoms with Crippen LogP contribution >= 0.6 is 29.1 Å². The summed E-state index contributed by atoms with van der Waals surface area (Å²) in [5.41, 5.74) is 2.07. The van der Waals surface area contributed by atoms with Crippen molar-refractivity contribution in [3.8, 4) is 0 Å². The van der Waals surface area contributed by atoms with Gasteiger partial charge in [-0.1, -0.05) is 58.9 Å².